The van der Waals surface area contributed by atoms with Crippen LogP contribution in [0.4, 0.5) is 10.5 Å². The van der Waals surface area contributed by atoms with E-state index in [1.54, 1.807) is 24.3 Å². The Morgan fingerprint density at radius 3 is 2.69 bits per heavy atom. The Kier molecular flexibility index (Phi) is 4.94. The number of urea groups is 1. The van der Waals surface area contributed by atoms with E-state index in [4.69, 9.17) is 0 Å². The Bertz CT molecular complexity index is 1060. The first-order chi connectivity index (χ1) is 14.0. The van der Waals surface area contributed by atoms with E-state index < -0.39 is 12.1 Å². The van der Waals surface area contributed by atoms with Crippen LogP contribution >= 0.6 is 0 Å². The minimum absolute atomic E-state index is 0.0976. The second kappa shape index (κ2) is 7.70. The summed E-state index contributed by atoms with van der Waals surface area (Å²) in [5.74, 6) is 0.0327. The number of anilines is 1. The van der Waals surface area contributed by atoms with Crippen LogP contribution in [-0.4, -0.2) is 38.5 Å². The predicted molar refractivity (Wildman–Crippen MR) is 105 cm³/mol. The molecule has 2 atom stereocenters. The van der Waals surface area contributed by atoms with Crippen LogP contribution in [0, 0.1) is 0 Å². The zero-order valence-corrected chi connectivity index (χ0v) is 15.8. The molecule has 4 rings (SSSR count). The third kappa shape index (κ3) is 3.66. The van der Waals surface area contributed by atoms with Crippen LogP contribution in [0.3, 0.4) is 0 Å². The number of fused-ring (bicyclic) bond motifs is 1. The summed E-state index contributed by atoms with van der Waals surface area (Å²) in [7, 11) is 0. The molecule has 9 nitrogen and oxygen atoms in total. The summed E-state index contributed by atoms with van der Waals surface area (Å²) in [6.07, 6.45) is 2.14. The van der Waals surface area contributed by atoms with Crippen LogP contribution < -0.4 is 15.5 Å². The van der Waals surface area contributed by atoms with E-state index in [-0.39, 0.29) is 30.7 Å². The van der Waals surface area contributed by atoms with Crippen molar-refractivity contribution in [2.45, 2.75) is 31.8 Å². The number of carbonyl (C=O) groups excluding carboxylic acids is 3. The quantitative estimate of drug-likeness (QED) is 0.622. The van der Waals surface area contributed by atoms with Crippen LogP contribution in [0.15, 0.2) is 54.7 Å². The van der Waals surface area contributed by atoms with E-state index >= 15 is 0 Å². The molecule has 0 saturated carbocycles. The minimum Gasteiger partial charge on any atom is -0.346 e. The molecule has 2 aromatic heterocycles. The van der Waals surface area contributed by atoms with E-state index in [0.29, 0.717) is 17.2 Å². The van der Waals surface area contributed by atoms with Crippen LogP contribution in [-0.2, 0) is 9.59 Å². The molecule has 0 radical (unpaired) electrons. The molecule has 0 aliphatic carbocycles. The molecule has 1 aliphatic heterocycles. The third-order valence-electron chi connectivity index (χ3n) is 4.80. The molecule has 29 heavy (non-hydrogen) atoms. The van der Waals surface area contributed by atoms with Gasteiger partial charge in [0.1, 0.15) is 6.04 Å². The van der Waals surface area contributed by atoms with Crippen molar-refractivity contribution >= 4 is 29.2 Å². The fourth-order valence-electron chi connectivity index (χ4n) is 3.36. The number of amides is 4. The van der Waals surface area contributed by atoms with Crippen LogP contribution in [0.1, 0.15) is 31.6 Å². The van der Waals surface area contributed by atoms with Gasteiger partial charge < -0.3 is 10.6 Å². The van der Waals surface area contributed by atoms with Gasteiger partial charge in [0, 0.05) is 12.6 Å². The molecular formula is C20H20N6O3. The molecular weight excluding hydrogens is 372 g/mol. The van der Waals surface area contributed by atoms with Crippen molar-refractivity contribution in [1.82, 2.24) is 25.2 Å². The molecule has 1 fully saturated rings. The van der Waals surface area contributed by atoms with Crippen LogP contribution in [0.5, 0.6) is 0 Å². The highest BCUT2D eigenvalue weighted by molar-refractivity contribution is 6.21. The van der Waals surface area contributed by atoms with Gasteiger partial charge in [0.15, 0.2) is 11.5 Å². The number of rotatable bonds is 6. The number of hydrogen-bond donors (Lipinski definition) is 2. The Balaban J connectivity index is 1.35. The SMILES string of the molecule is C[C@H](NC(=O)CC[C@H]1NC(=O)N(c2ccccc2)C1=O)c1nnc2ccccn12. The van der Waals surface area contributed by atoms with E-state index in [9.17, 15) is 14.4 Å². The Morgan fingerprint density at radius 2 is 1.90 bits per heavy atom. The lowest BCUT2D eigenvalue weighted by Gasteiger charge is -2.14. The number of aromatic nitrogens is 3. The Morgan fingerprint density at radius 1 is 1.14 bits per heavy atom. The van der Waals surface area contributed by atoms with E-state index in [0.717, 1.165) is 4.90 Å². The lowest BCUT2D eigenvalue weighted by molar-refractivity contribution is -0.122. The summed E-state index contributed by atoms with van der Waals surface area (Å²) in [6.45, 7) is 1.82. The predicted octanol–water partition coefficient (Wildman–Crippen LogP) is 1.81. The van der Waals surface area contributed by atoms with Gasteiger partial charge in [-0.2, -0.15) is 0 Å². The van der Waals surface area contributed by atoms with E-state index in [2.05, 4.69) is 20.8 Å². The van der Waals surface area contributed by atoms with Crippen molar-refractivity contribution in [2.75, 3.05) is 4.90 Å². The zero-order valence-electron chi connectivity index (χ0n) is 15.8. The third-order valence-corrected chi connectivity index (χ3v) is 4.80. The summed E-state index contributed by atoms with van der Waals surface area (Å²) in [4.78, 5) is 38.2. The highest BCUT2D eigenvalue weighted by Crippen LogP contribution is 2.21. The molecule has 1 aromatic carbocycles. The summed E-state index contributed by atoms with van der Waals surface area (Å²) in [5, 5.41) is 13.7. The normalized spacial score (nSPS) is 17.4. The topological polar surface area (TPSA) is 109 Å². The molecule has 4 amide bonds. The van der Waals surface area contributed by atoms with Crippen molar-refractivity contribution in [3.05, 3.63) is 60.6 Å². The number of benzene rings is 1. The van der Waals surface area contributed by atoms with E-state index in [1.807, 2.05) is 41.8 Å². The second-order valence-corrected chi connectivity index (χ2v) is 6.83. The molecule has 1 aliphatic rings. The molecule has 3 heterocycles. The molecule has 9 heteroatoms. The fraction of sp³-hybridized carbons (Fsp3) is 0.250. The van der Waals surface area contributed by atoms with Gasteiger partial charge in [0.05, 0.1) is 11.7 Å². The Hall–Kier alpha value is -3.75. The van der Waals surface area contributed by atoms with Gasteiger partial charge in [-0.05, 0) is 37.6 Å². The Labute approximate surface area is 166 Å². The maximum atomic E-state index is 12.6. The van der Waals surface area contributed by atoms with Crippen LogP contribution in [0.2, 0.25) is 0 Å². The minimum atomic E-state index is -0.724. The van der Waals surface area contributed by atoms with Crippen molar-refractivity contribution in [1.29, 1.82) is 0 Å². The van der Waals surface area contributed by atoms with Crippen molar-refractivity contribution in [2.24, 2.45) is 0 Å². The lowest BCUT2D eigenvalue weighted by Crippen LogP contribution is -2.33. The maximum absolute atomic E-state index is 12.6. The number of pyridine rings is 1. The van der Waals surface area contributed by atoms with Gasteiger partial charge in [0.2, 0.25) is 5.91 Å². The monoisotopic (exact) mass is 392 g/mol. The molecule has 2 N–H and O–H groups in total. The number of carbonyl (C=O) groups is 3. The first-order valence-electron chi connectivity index (χ1n) is 9.33. The number of imide groups is 1. The molecule has 148 valence electrons. The maximum Gasteiger partial charge on any atom is 0.329 e. The summed E-state index contributed by atoms with van der Waals surface area (Å²) in [6, 6.07) is 12.7. The van der Waals surface area contributed by atoms with Crippen molar-refractivity contribution < 1.29 is 14.4 Å². The summed E-state index contributed by atoms with van der Waals surface area (Å²) >= 11 is 0. The number of nitrogens with zero attached hydrogens (tertiary/aromatic N) is 4. The molecule has 0 bridgehead atoms. The van der Waals surface area contributed by atoms with E-state index in [1.165, 1.54) is 0 Å². The van der Waals surface area contributed by atoms with Gasteiger partial charge in [-0.3, -0.25) is 14.0 Å². The summed E-state index contributed by atoms with van der Waals surface area (Å²) in [5.41, 5.74) is 1.21. The first kappa shape index (κ1) is 18.6. The highest BCUT2D eigenvalue weighted by atomic mass is 16.2. The average Bonchev–Trinajstić information content (AvgIpc) is 3.27. The molecule has 1 saturated heterocycles. The van der Waals surface area contributed by atoms with Crippen molar-refractivity contribution in [3.8, 4) is 0 Å². The number of para-hydroxylation sites is 1. The summed E-state index contributed by atoms with van der Waals surface area (Å²) < 4.78 is 1.81. The van der Waals surface area contributed by atoms with Gasteiger partial charge in [0.25, 0.3) is 5.91 Å². The molecule has 0 spiro atoms. The van der Waals surface area contributed by atoms with Gasteiger partial charge in [-0.1, -0.05) is 24.3 Å². The second-order valence-electron chi connectivity index (χ2n) is 6.83. The van der Waals surface area contributed by atoms with Crippen molar-refractivity contribution in [3.63, 3.8) is 0 Å². The first-order valence-corrected chi connectivity index (χ1v) is 9.33. The number of hydrogen-bond acceptors (Lipinski definition) is 5. The average molecular weight is 392 g/mol. The highest BCUT2D eigenvalue weighted by Gasteiger charge is 2.38. The standard InChI is InChI=1S/C20H20N6O3/c1-13(18-24-23-16-9-5-6-12-25(16)18)21-17(27)11-10-15-19(28)26(20(29)22-15)14-7-3-2-4-8-14/h2-9,12-13,15H,10-11H2,1H3,(H,21,27)(H,22,29)/t13-,15+/m0/s1. The largest absolute Gasteiger partial charge is 0.346 e. The van der Waals surface area contributed by atoms with Gasteiger partial charge in [-0.15, -0.1) is 10.2 Å². The van der Waals surface area contributed by atoms with Gasteiger partial charge >= 0.3 is 6.03 Å². The molecule has 0 unspecified atom stereocenters. The fourth-order valence-corrected chi connectivity index (χ4v) is 3.36. The lowest BCUT2D eigenvalue weighted by atomic mass is 10.1. The van der Waals surface area contributed by atoms with Gasteiger partial charge in [-0.25, -0.2) is 9.69 Å². The van der Waals surface area contributed by atoms with Crippen LogP contribution in [0.25, 0.3) is 5.65 Å². The smallest absolute Gasteiger partial charge is 0.329 e. The molecule has 3 aromatic rings. The zero-order chi connectivity index (χ0) is 20.4. The number of nitrogens with one attached hydrogen (secondary N) is 2.